The van der Waals surface area contributed by atoms with Gasteiger partial charge in [0, 0.05) is 12.6 Å². The molecule has 108 valence electrons. The van der Waals surface area contributed by atoms with E-state index in [1.54, 1.807) is 6.07 Å². The van der Waals surface area contributed by atoms with E-state index in [0.717, 1.165) is 18.2 Å². The predicted molar refractivity (Wildman–Crippen MR) is 70.6 cm³/mol. The van der Waals surface area contributed by atoms with Gasteiger partial charge in [-0.25, -0.2) is 8.78 Å². The molecule has 7 heteroatoms. The zero-order valence-electron chi connectivity index (χ0n) is 10.7. The fraction of sp³-hybridized carbons (Fsp3) is 0.0714. The molecule has 0 unspecified atom stereocenters. The topological polar surface area (TPSA) is 72.2 Å². The fourth-order valence-corrected chi connectivity index (χ4v) is 1.77. The smallest absolute Gasteiger partial charge is 0.282 e. The average molecular weight is 292 g/mol. The van der Waals surface area contributed by atoms with Crippen LogP contribution in [0.15, 0.2) is 42.5 Å². The van der Waals surface area contributed by atoms with Gasteiger partial charge in [-0.1, -0.05) is 12.1 Å². The van der Waals surface area contributed by atoms with E-state index in [4.69, 9.17) is 0 Å². The molecule has 0 heterocycles. The molecule has 2 aromatic rings. The summed E-state index contributed by atoms with van der Waals surface area (Å²) in [4.78, 5) is 21.9. The van der Waals surface area contributed by atoms with Gasteiger partial charge < -0.3 is 5.32 Å². The van der Waals surface area contributed by atoms with Crippen LogP contribution in [-0.2, 0) is 6.54 Å². The molecule has 2 aromatic carbocycles. The Bertz CT molecular complexity index is 704. The highest BCUT2D eigenvalue weighted by atomic mass is 19.1. The maximum atomic E-state index is 13.1. The van der Waals surface area contributed by atoms with E-state index < -0.39 is 28.2 Å². The number of amides is 1. The summed E-state index contributed by atoms with van der Waals surface area (Å²) in [7, 11) is 0. The minimum absolute atomic E-state index is 0.0236. The van der Waals surface area contributed by atoms with Crippen molar-refractivity contribution in [2.75, 3.05) is 0 Å². The van der Waals surface area contributed by atoms with Crippen LogP contribution in [0.3, 0.4) is 0 Å². The largest absolute Gasteiger partial charge is 0.348 e. The van der Waals surface area contributed by atoms with E-state index in [9.17, 15) is 23.7 Å². The van der Waals surface area contributed by atoms with E-state index in [-0.39, 0.29) is 12.1 Å². The van der Waals surface area contributed by atoms with Gasteiger partial charge in [0.1, 0.15) is 17.2 Å². The Labute approximate surface area is 118 Å². The van der Waals surface area contributed by atoms with Gasteiger partial charge in [-0.2, -0.15) is 0 Å². The van der Waals surface area contributed by atoms with E-state index >= 15 is 0 Å². The zero-order valence-corrected chi connectivity index (χ0v) is 10.7. The second kappa shape index (κ2) is 6.08. The van der Waals surface area contributed by atoms with Crippen molar-refractivity contribution in [1.29, 1.82) is 0 Å². The number of halogens is 2. The van der Waals surface area contributed by atoms with Crippen molar-refractivity contribution < 1.29 is 18.5 Å². The number of nitrogens with zero attached hydrogens (tertiary/aromatic N) is 1. The maximum Gasteiger partial charge on any atom is 0.282 e. The van der Waals surface area contributed by atoms with Crippen LogP contribution in [-0.4, -0.2) is 10.8 Å². The third-order valence-electron chi connectivity index (χ3n) is 2.74. The molecule has 0 aliphatic carbocycles. The number of nitro benzene ring substituents is 1. The molecule has 0 aliphatic heterocycles. The summed E-state index contributed by atoms with van der Waals surface area (Å²) in [5, 5.41) is 13.2. The lowest BCUT2D eigenvalue weighted by atomic mass is 10.1. The maximum absolute atomic E-state index is 13.1. The molecule has 1 amide bonds. The van der Waals surface area contributed by atoms with Crippen molar-refractivity contribution >= 4 is 11.6 Å². The number of rotatable bonds is 4. The summed E-state index contributed by atoms with van der Waals surface area (Å²) in [6.45, 7) is -0.0236. The number of benzene rings is 2. The van der Waals surface area contributed by atoms with Crippen LogP contribution in [0.1, 0.15) is 15.9 Å². The molecule has 0 bridgehead atoms. The van der Waals surface area contributed by atoms with Gasteiger partial charge in [-0.05, 0) is 29.8 Å². The van der Waals surface area contributed by atoms with Crippen LogP contribution in [0.25, 0.3) is 0 Å². The molecule has 5 nitrogen and oxygen atoms in total. The van der Waals surface area contributed by atoms with Crippen molar-refractivity contribution in [2.24, 2.45) is 0 Å². The van der Waals surface area contributed by atoms with Crippen molar-refractivity contribution in [1.82, 2.24) is 5.32 Å². The molecule has 1 N–H and O–H groups in total. The van der Waals surface area contributed by atoms with Crippen molar-refractivity contribution in [3.05, 3.63) is 75.3 Å². The second-order valence-electron chi connectivity index (χ2n) is 4.23. The molecule has 0 saturated heterocycles. The number of nitrogens with one attached hydrogen (secondary N) is 1. The lowest BCUT2D eigenvalue weighted by Gasteiger charge is -2.06. The van der Waals surface area contributed by atoms with Gasteiger partial charge in [-0.3, -0.25) is 14.9 Å². The Morgan fingerprint density at radius 1 is 1.14 bits per heavy atom. The molecule has 0 spiro atoms. The third kappa shape index (κ3) is 3.59. The van der Waals surface area contributed by atoms with E-state index in [0.29, 0.717) is 5.56 Å². The van der Waals surface area contributed by atoms with Crippen LogP contribution in [0, 0.1) is 21.7 Å². The quantitative estimate of drug-likeness (QED) is 0.695. The molecule has 0 aromatic heterocycles. The van der Waals surface area contributed by atoms with Gasteiger partial charge in [0.05, 0.1) is 4.92 Å². The zero-order chi connectivity index (χ0) is 15.4. The van der Waals surface area contributed by atoms with Gasteiger partial charge in [-0.15, -0.1) is 0 Å². The first-order valence-corrected chi connectivity index (χ1v) is 5.94. The summed E-state index contributed by atoms with van der Waals surface area (Å²) in [5.74, 6) is -2.01. The first-order chi connectivity index (χ1) is 9.97. The minimum Gasteiger partial charge on any atom is -0.348 e. The van der Waals surface area contributed by atoms with E-state index in [1.165, 1.54) is 18.2 Å². The Hall–Kier alpha value is -2.83. The monoisotopic (exact) mass is 292 g/mol. The number of hydrogen-bond acceptors (Lipinski definition) is 3. The summed E-state index contributed by atoms with van der Waals surface area (Å²) >= 11 is 0. The summed E-state index contributed by atoms with van der Waals surface area (Å²) in [5.41, 5.74) is -0.382. The third-order valence-corrected chi connectivity index (χ3v) is 2.74. The molecule has 0 radical (unpaired) electrons. The molecular weight excluding hydrogens is 282 g/mol. The van der Waals surface area contributed by atoms with Gasteiger partial charge in [0.15, 0.2) is 0 Å². The Morgan fingerprint density at radius 2 is 1.86 bits per heavy atom. The van der Waals surface area contributed by atoms with E-state index in [2.05, 4.69) is 5.32 Å². The number of hydrogen-bond donors (Lipinski definition) is 1. The molecule has 0 fully saturated rings. The second-order valence-corrected chi connectivity index (χ2v) is 4.23. The lowest BCUT2D eigenvalue weighted by Crippen LogP contribution is -2.24. The Morgan fingerprint density at radius 3 is 2.52 bits per heavy atom. The molecule has 2 rings (SSSR count). The highest BCUT2D eigenvalue weighted by Gasteiger charge is 2.20. The van der Waals surface area contributed by atoms with Crippen molar-refractivity contribution in [3.63, 3.8) is 0 Å². The molecular formula is C14H10F2N2O3. The van der Waals surface area contributed by atoms with Crippen LogP contribution >= 0.6 is 0 Å². The number of nitro groups is 1. The SMILES string of the molecule is O=C(NCc1cccc(F)c1)c1cc(F)ccc1[N+](=O)[O-]. The molecule has 0 aliphatic rings. The first-order valence-electron chi connectivity index (χ1n) is 5.94. The average Bonchev–Trinajstić information content (AvgIpc) is 2.44. The van der Waals surface area contributed by atoms with E-state index in [1.807, 2.05) is 0 Å². The summed E-state index contributed by atoms with van der Waals surface area (Å²) < 4.78 is 26.1. The van der Waals surface area contributed by atoms with Crippen LogP contribution < -0.4 is 5.32 Å². The first kappa shape index (κ1) is 14.6. The Balaban J connectivity index is 2.17. The number of carbonyl (C=O) groups is 1. The Kier molecular flexibility index (Phi) is 4.22. The molecule has 21 heavy (non-hydrogen) atoms. The van der Waals surface area contributed by atoms with Crippen molar-refractivity contribution in [3.8, 4) is 0 Å². The molecule has 0 saturated carbocycles. The normalized spacial score (nSPS) is 10.2. The van der Waals surface area contributed by atoms with Crippen molar-refractivity contribution in [2.45, 2.75) is 6.54 Å². The van der Waals surface area contributed by atoms with Crippen LogP contribution in [0.5, 0.6) is 0 Å². The van der Waals surface area contributed by atoms with Crippen LogP contribution in [0.2, 0.25) is 0 Å². The summed E-state index contributed by atoms with van der Waals surface area (Å²) in [6, 6.07) is 8.15. The fourth-order valence-electron chi connectivity index (χ4n) is 1.77. The van der Waals surface area contributed by atoms with Gasteiger partial charge in [0.2, 0.25) is 0 Å². The highest BCUT2D eigenvalue weighted by Crippen LogP contribution is 2.19. The van der Waals surface area contributed by atoms with Gasteiger partial charge >= 0.3 is 0 Å². The minimum atomic E-state index is -0.800. The van der Waals surface area contributed by atoms with Crippen LogP contribution in [0.4, 0.5) is 14.5 Å². The highest BCUT2D eigenvalue weighted by molar-refractivity contribution is 5.98. The standard InChI is InChI=1S/C14H10F2N2O3/c15-10-3-1-2-9(6-10)8-17-14(19)12-7-11(16)4-5-13(12)18(20)21/h1-7H,8H2,(H,17,19). The summed E-state index contributed by atoms with van der Waals surface area (Å²) in [6.07, 6.45) is 0. The predicted octanol–water partition coefficient (Wildman–Crippen LogP) is 2.80. The molecule has 0 atom stereocenters. The van der Waals surface area contributed by atoms with Gasteiger partial charge in [0.25, 0.3) is 11.6 Å². The number of carbonyl (C=O) groups excluding carboxylic acids is 1. The lowest BCUT2D eigenvalue weighted by molar-refractivity contribution is -0.385.